The lowest BCUT2D eigenvalue weighted by atomic mass is 10.0. The molecule has 1 atom stereocenters. The number of aliphatic hydroxyl groups is 1. The van der Waals surface area contributed by atoms with E-state index in [1.165, 1.54) is 0 Å². The molecule has 3 rings (SSSR count). The minimum Gasteiger partial charge on any atom is -0.394 e. The van der Waals surface area contributed by atoms with E-state index in [-0.39, 0.29) is 12.6 Å². The molecule has 0 aliphatic rings. The fourth-order valence-electron chi connectivity index (χ4n) is 2.38. The number of nitrogens with zero attached hydrogens (tertiary/aromatic N) is 2. The molecule has 0 saturated heterocycles. The lowest BCUT2D eigenvalue weighted by molar-refractivity contribution is 0.281. The molecular formula is C19H17Cl2N3O. The summed E-state index contributed by atoms with van der Waals surface area (Å²) in [5, 5.41) is 13.7. The predicted molar refractivity (Wildman–Crippen MR) is 103 cm³/mol. The largest absolute Gasteiger partial charge is 0.394 e. The van der Waals surface area contributed by atoms with Crippen molar-refractivity contribution < 1.29 is 5.11 Å². The van der Waals surface area contributed by atoms with Crippen LogP contribution in [0.25, 0.3) is 22.5 Å². The molecule has 3 aromatic rings. The van der Waals surface area contributed by atoms with Crippen molar-refractivity contribution >= 4 is 29.0 Å². The summed E-state index contributed by atoms with van der Waals surface area (Å²) in [5.74, 6) is 0.601. The smallest absolute Gasteiger partial charge is 0.145 e. The van der Waals surface area contributed by atoms with Gasteiger partial charge in [-0.05, 0) is 31.2 Å². The first-order valence-electron chi connectivity index (χ1n) is 7.83. The third kappa shape index (κ3) is 4.28. The molecule has 0 saturated carbocycles. The molecule has 0 aliphatic carbocycles. The molecule has 0 aliphatic heterocycles. The van der Waals surface area contributed by atoms with Crippen LogP contribution in [0.5, 0.6) is 0 Å². The van der Waals surface area contributed by atoms with Gasteiger partial charge < -0.3 is 10.4 Å². The number of aliphatic hydroxyl groups excluding tert-OH is 1. The zero-order chi connectivity index (χ0) is 17.8. The Balaban J connectivity index is 2.10. The van der Waals surface area contributed by atoms with E-state index in [1.807, 2.05) is 55.5 Å². The van der Waals surface area contributed by atoms with Crippen LogP contribution >= 0.6 is 23.2 Å². The van der Waals surface area contributed by atoms with Gasteiger partial charge in [0.2, 0.25) is 0 Å². The Hall–Kier alpha value is -2.14. The van der Waals surface area contributed by atoms with Crippen LogP contribution in [0, 0.1) is 0 Å². The number of hydrogen-bond acceptors (Lipinski definition) is 4. The van der Waals surface area contributed by atoms with Gasteiger partial charge in [0, 0.05) is 27.2 Å². The minimum atomic E-state index is -0.117. The number of aromatic nitrogens is 2. The van der Waals surface area contributed by atoms with Gasteiger partial charge in [-0.2, -0.15) is 0 Å². The number of halogens is 2. The van der Waals surface area contributed by atoms with E-state index in [0.717, 1.165) is 22.5 Å². The van der Waals surface area contributed by atoms with Gasteiger partial charge in [0.1, 0.15) is 5.82 Å². The van der Waals surface area contributed by atoms with E-state index in [1.54, 1.807) is 6.20 Å². The van der Waals surface area contributed by atoms with Crippen LogP contribution in [-0.4, -0.2) is 27.7 Å². The van der Waals surface area contributed by atoms with Gasteiger partial charge in [-0.25, -0.2) is 4.98 Å². The molecule has 1 aromatic heterocycles. The molecule has 2 N–H and O–H groups in total. The monoisotopic (exact) mass is 373 g/mol. The third-order valence-electron chi connectivity index (χ3n) is 3.68. The fraction of sp³-hybridized carbons (Fsp3) is 0.158. The van der Waals surface area contributed by atoms with Crippen molar-refractivity contribution in [1.29, 1.82) is 0 Å². The summed E-state index contributed by atoms with van der Waals surface area (Å²) in [6.45, 7) is 1.88. The number of anilines is 1. The van der Waals surface area contributed by atoms with Crippen molar-refractivity contribution in [2.45, 2.75) is 13.0 Å². The summed E-state index contributed by atoms with van der Waals surface area (Å²) in [7, 11) is 0. The van der Waals surface area contributed by atoms with E-state index in [2.05, 4.69) is 10.3 Å². The van der Waals surface area contributed by atoms with E-state index >= 15 is 0 Å². The highest BCUT2D eigenvalue weighted by atomic mass is 35.5. The first kappa shape index (κ1) is 17.7. The van der Waals surface area contributed by atoms with Crippen LogP contribution in [0.15, 0.2) is 54.7 Å². The minimum absolute atomic E-state index is 0.0108. The summed E-state index contributed by atoms with van der Waals surface area (Å²) >= 11 is 12.0. The Labute approximate surface area is 156 Å². The molecule has 25 heavy (non-hydrogen) atoms. The molecule has 4 nitrogen and oxygen atoms in total. The van der Waals surface area contributed by atoms with E-state index < -0.39 is 0 Å². The maximum absolute atomic E-state index is 9.23. The lowest BCUT2D eigenvalue weighted by Gasteiger charge is -2.14. The van der Waals surface area contributed by atoms with Crippen molar-refractivity contribution in [2.75, 3.05) is 11.9 Å². The second-order valence-electron chi connectivity index (χ2n) is 5.69. The van der Waals surface area contributed by atoms with E-state index in [4.69, 9.17) is 28.2 Å². The van der Waals surface area contributed by atoms with Crippen LogP contribution in [0.4, 0.5) is 5.82 Å². The van der Waals surface area contributed by atoms with Gasteiger partial charge in [-0.3, -0.25) is 4.98 Å². The van der Waals surface area contributed by atoms with Crippen molar-refractivity contribution in [2.24, 2.45) is 0 Å². The summed E-state index contributed by atoms with van der Waals surface area (Å²) in [5.41, 5.74) is 3.31. The zero-order valence-electron chi connectivity index (χ0n) is 13.6. The lowest BCUT2D eigenvalue weighted by Crippen LogP contribution is -2.20. The quantitative estimate of drug-likeness (QED) is 0.666. The Kier molecular flexibility index (Phi) is 5.53. The number of rotatable bonds is 5. The number of benzene rings is 2. The second-order valence-corrected chi connectivity index (χ2v) is 6.57. The van der Waals surface area contributed by atoms with Gasteiger partial charge in [0.15, 0.2) is 0 Å². The standard InChI is InChI=1S/C19H17Cl2N3O/c1-12(11-25)23-17-10-22-18(13-2-6-15(20)7-3-13)19(24-17)14-4-8-16(21)9-5-14/h2-10,12,25H,11H2,1H3,(H,23,24)/t12-/m0/s1. The van der Waals surface area contributed by atoms with Gasteiger partial charge in [-0.1, -0.05) is 47.5 Å². The summed E-state index contributed by atoms with van der Waals surface area (Å²) in [4.78, 5) is 9.28. The molecule has 0 bridgehead atoms. The Bertz CT molecular complexity index is 852. The highest BCUT2D eigenvalue weighted by Crippen LogP contribution is 2.31. The average molecular weight is 374 g/mol. The van der Waals surface area contributed by atoms with Gasteiger partial charge in [-0.15, -0.1) is 0 Å². The molecule has 0 amide bonds. The Morgan fingerprint density at radius 3 is 1.96 bits per heavy atom. The van der Waals surface area contributed by atoms with Crippen LogP contribution in [0.1, 0.15) is 6.92 Å². The first-order chi connectivity index (χ1) is 12.1. The zero-order valence-corrected chi connectivity index (χ0v) is 15.1. The summed E-state index contributed by atoms with van der Waals surface area (Å²) in [6, 6.07) is 14.8. The maximum atomic E-state index is 9.23. The molecule has 0 radical (unpaired) electrons. The molecule has 6 heteroatoms. The van der Waals surface area contributed by atoms with Crippen LogP contribution < -0.4 is 5.32 Å². The van der Waals surface area contributed by atoms with Gasteiger partial charge in [0.25, 0.3) is 0 Å². The number of nitrogens with one attached hydrogen (secondary N) is 1. The highest BCUT2D eigenvalue weighted by molar-refractivity contribution is 6.31. The van der Waals surface area contributed by atoms with E-state index in [0.29, 0.717) is 15.9 Å². The second kappa shape index (κ2) is 7.83. The molecule has 128 valence electrons. The molecule has 2 aromatic carbocycles. The fourth-order valence-corrected chi connectivity index (χ4v) is 2.64. The summed E-state index contributed by atoms with van der Waals surface area (Å²) < 4.78 is 0. The SMILES string of the molecule is C[C@@H](CO)Nc1cnc(-c2ccc(Cl)cc2)c(-c2ccc(Cl)cc2)n1. The normalized spacial score (nSPS) is 12.0. The highest BCUT2D eigenvalue weighted by Gasteiger charge is 2.13. The maximum Gasteiger partial charge on any atom is 0.145 e. The first-order valence-corrected chi connectivity index (χ1v) is 8.58. The van der Waals surface area contributed by atoms with Crippen LogP contribution in [-0.2, 0) is 0 Å². The van der Waals surface area contributed by atoms with Crippen molar-refractivity contribution in [3.05, 3.63) is 64.8 Å². The average Bonchev–Trinajstić information content (AvgIpc) is 2.63. The van der Waals surface area contributed by atoms with Crippen molar-refractivity contribution in [1.82, 2.24) is 9.97 Å². The third-order valence-corrected chi connectivity index (χ3v) is 4.18. The Morgan fingerprint density at radius 2 is 1.44 bits per heavy atom. The summed E-state index contributed by atoms with van der Waals surface area (Å²) in [6.07, 6.45) is 1.66. The number of hydrogen-bond donors (Lipinski definition) is 2. The molecule has 0 spiro atoms. The van der Waals surface area contributed by atoms with Crippen LogP contribution in [0.3, 0.4) is 0 Å². The van der Waals surface area contributed by atoms with Gasteiger partial charge >= 0.3 is 0 Å². The van der Waals surface area contributed by atoms with Gasteiger partial charge in [0.05, 0.1) is 24.2 Å². The topological polar surface area (TPSA) is 58.0 Å². The van der Waals surface area contributed by atoms with Crippen molar-refractivity contribution in [3.8, 4) is 22.5 Å². The Morgan fingerprint density at radius 1 is 0.920 bits per heavy atom. The predicted octanol–water partition coefficient (Wildman–Crippen LogP) is 4.91. The molecule has 1 heterocycles. The molecular weight excluding hydrogens is 357 g/mol. The molecule has 0 unspecified atom stereocenters. The van der Waals surface area contributed by atoms with Crippen LogP contribution in [0.2, 0.25) is 10.0 Å². The molecule has 0 fully saturated rings. The van der Waals surface area contributed by atoms with Crippen molar-refractivity contribution in [3.63, 3.8) is 0 Å². The van der Waals surface area contributed by atoms with E-state index in [9.17, 15) is 5.11 Å².